The normalized spacial score (nSPS) is 17.6. The first-order valence-corrected chi connectivity index (χ1v) is 6.89. The number of nitrogens with one attached hydrogen (secondary N) is 1. The van der Waals surface area contributed by atoms with Crippen molar-refractivity contribution >= 4 is 5.97 Å². The molecule has 19 heavy (non-hydrogen) atoms. The van der Waals surface area contributed by atoms with Gasteiger partial charge in [0, 0.05) is 6.04 Å². The van der Waals surface area contributed by atoms with E-state index in [0.717, 1.165) is 18.4 Å². The molecule has 4 N–H and O–H groups in total. The summed E-state index contributed by atoms with van der Waals surface area (Å²) < 4.78 is 0. The highest BCUT2D eigenvalue weighted by atomic mass is 16.4. The topological polar surface area (TPSA) is 75.3 Å². The molecule has 104 valence electrons. The molecule has 0 saturated heterocycles. The van der Waals surface area contributed by atoms with Gasteiger partial charge in [0.1, 0.15) is 6.04 Å². The van der Waals surface area contributed by atoms with E-state index in [4.69, 9.17) is 10.8 Å². The maximum atomic E-state index is 10.9. The van der Waals surface area contributed by atoms with E-state index in [1.54, 1.807) is 0 Å². The first-order chi connectivity index (χ1) is 9.11. The van der Waals surface area contributed by atoms with Crippen molar-refractivity contribution in [3.05, 3.63) is 34.9 Å². The minimum atomic E-state index is -0.946. The van der Waals surface area contributed by atoms with Crippen LogP contribution >= 0.6 is 0 Å². The zero-order valence-electron chi connectivity index (χ0n) is 11.4. The lowest BCUT2D eigenvalue weighted by Gasteiger charge is -2.22. The maximum Gasteiger partial charge on any atom is 0.320 e. The molecule has 1 aromatic carbocycles. The number of carboxylic acids is 1. The van der Waals surface area contributed by atoms with Crippen molar-refractivity contribution in [1.29, 1.82) is 0 Å². The Morgan fingerprint density at radius 2 is 2.05 bits per heavy atom. The average molecular weight is 262 g/mol. The Morgan fingerprint density at radius 1 is 1.37 bits per heavy atom. The second-order valence-corrected chi connectivity index (χ2v) is 5.26. The summed E-state index contributed by atoms with van der Waals surface area (Å²) in [7, 11) is 1.85. The fourth-order valence-electron chi connectivity index (χ4n) is 2.75. The molecule has 0 spiro atoms. The van der Waals surface area contributed by atoms with Crippen LogP contribution in [0.25, 0.3) is 0 Å². The Hall–Kier alpha value is -1.39. The lowest BCUT2D eigenvalue weighted by molar-refractivity contribution is -0.138. The van der Waals surface area contributed by atoms with E-state index in [1.807, 2.05) is 7.05 Å². The highest BCUT2D eigenvalue weighted by Crippen LogP contribution is 2.26. The fourth-order valence-corrected chi connectivity index (χ4v) is 2.75. The zero-order chi connectivity index (χ0) is 13.8. The van der Waals surface area contributed by atoms with Gasteiger partial charge in [-0.25, -0.2) is 0 Å². The van der Waals surface area contributed by atoms with Gasteiger partial charge in [-0.15, -0.1) is 0 Å². The van der Waals surface area contributed by atoms with Crippen LogP contribution in [0.1, 0.15) is 42.0 Å². The summed E-state index contributed by atoms with van der Waals surface area (Å²) >= 11 is 0. The highest BCUT2D eigenvalue weighted by molar-refractivity contribution is 5.73. The molecule has 0 heterocycles. The number of hydrogen-bond acceptors (Lipinski definition) is 3. The monoisotopic (exact) mass is 262 g/mol. The van der Waals surface area contributed by atoms with E-state index in [0.29, 0.717) is 6.42 Å². The van der Waals surface area contributed by atoms with E-state index in [9.17, 15) is 4.79 Å². The van der Waals surface area contributed by atoms with Gasteiger partial charge >= 0.3 is 5.97 Å². The van der Waals surface area contributed by atoms with Crippen LogP contribution in [0.5, 0.6) is 0 Å². The molecule has 1 aliphatic rings. The molecule has 1 aliphatic carbocycles. The molecule has 2 unspecified atom stereocenters. The third kappa shape index (κ3) is 3.33. The van der Waals surface area contributed by atoms with Crippen molar-refractivity contribution in [2.24, 2.45) is 5.73 Å². The molecule has 0 saturated carbocycles. The van der Waals surface area contributed by atoms with Gasteiger partial charge in [0.2, 0.25) is 0 Å². The molecule has 4 heteroatoms. The first-order valence-electron chi connectivity index (χ1n) is 6.89. The first kappa shape index (κ1) is 14.0. The van der Waals surface area contributed by atoms with E-state index in [1.165, 1.54) is 24.0 Å². The number of aliphatic carboxylic acids is 1. The van der Waals surface area contributed by atoms with E-state index >= 15 is 0 Å². The van der Waals surface area contributed by atoms with Gasteiger partial charge < -0.3 is 16.2 Å². The number of carbonyl (C=O) groups is 1. The fraction of sp³-hybridized carbons (Fsp3) is 0.533. The van der Waals surface area contributed by atoms with Crippen LogP contribution in [0.2, 0.25) is 0 Å². The standard InChI is InChI=1S/C15H22N2O2/c1-17-14(9-13(16)15(18)19)12-7-6-10-4-2-3-5-11(10)8-12/h6-8,13-14,17H,2-5,9,16H2,1H3,(H,18,19). The van der Waals surface area contributed by atoms with Crippen LogP contribution < -0.4 is 11.1 Å². The lowest BCUT2D eigenvalue weighted by Crippen LogP contribution is -2.34. The second-order valence-electron chi connectivity index (χ2n) is 5.26. The van der Waals surface area contributed by atoms with Crippen molar-refractivity contribution in [3.8, 4) is 0 Å². The Balaban J connectivity index is 2.16. The summed E-state index contributed by atoms with van der Waals surface area (Å²) in [6.45, 7) is 0. The van der Waals surface area contributed by atoms with E-state index in [2.05, 4.69) is 23.5 Å². The number of fused-ring (bicyclic) bond motifs is 1. The van der Waals surface area contributed by atoms with E-state index in [-0.39, 0.29) is 6.04 Å². The highest BCUT2D eigenvalue weighted by Gasteiger charge is 2.20. The summed E-state index contributed by atoms with van der Waals surface area (Å²) in [5.74, 6) is -0.946. The number of rotatable bonds is 5. The molecule has 0 aromatic heterocycles. The summed E-state index contributed by atoms with van der Waals surface area (Å²) in [6, 6.07) is 5.66. The maximum absolute atomic E-state index is 10.9. The molecule has 0 fully saturated rings. The largest absolute Gasteiger partial charge is 0.480 e. The number of carboxylic acid groups (broad SMARTS) is 1. The Bertz CT molecular complexity index is 459. The molecule has 2 rings (SSSR count). The molecule has 0 aliphatic heterocycles. The Labute approximate surface area is 114 Å². The SMILES string of the molecule is CNC(CC(N)C(=O)O)c1ccc2c(c1)CCCC2. The minimum Gasteiger partial charge on any atom is -0.480 e. The zero-order valence-corrected chi connectivity index (χ0v) is 11.4. The van der Waals surface area contributed by atoms with Crippen molar-refractivity contribution in [1.82, 2.24) is 5.32 Å². The van der Waals surface area contributed by atoms with Gasteiger partial charge in [0.25, 0.3) is 0 Å². The Morgan fingerprint density at radius 3 is 2.68 bits per heavy atom. The molecule has 1 aromatic rings. The van der Waals surface area contributed by atoms with Gasteiger partial charge in [-0.3, -0.25) is 4.79 Å². The molecule has 2 atom stereocenters. The molecular formula is C15H22N2O2. The Kier molecular flexibility index (Phi) is 4.56. The quantitative estimate of drug-likeness (QED) is 0.754. The van der Waals surface area contributed by atoms with Crippen molar-refractivity contribution in [3.63, 3.8) is 0 Å². The third-order valence-corrected chi connectivity index (χ3v) is 3.93. The second kappa shape index (κ2) is 6.17. The molecule has 0 amide bonds. The number of hydrogen-bond donors (Lipinski definition) is 3. The smallest absolute Gasteiger partial charge is 0.320 e. The van der Waals surface area contributed by atoms with Gasteiger partial charge in [-0.05, 0) is 55.8 Å². The lowest BCUT2D eigenvalue weighted by atomic mass is 9.88. The van der Waals surface area contributed by atoms with Gasteiger partial charge in [-0.2, -0.15) is 0 Å². The van der Waals surface area contributed by atoms with Gasteiger partial charge in [0.15, 0.2) is 0 Å². The van der Waals surface area contributed by atoms with Crippen LogP contribution in [0.4, 0.5) is 0 Å². The van der Waals surface area contributed by atoms with E-state index < -0.39 is 12.0 Å². The summed E-state index contributed by atoms with van der Waals surface area (Å²) in [5, 5.41) is 12.1. The predicted molar refractivity (Wildman–Crippen MR) is 75.1 cm³/mol. The number of aryl methyl sites for hydroxylation is 2. The summed E-state index contributed by atoms with van der Waals surface area (Å²) in [4.78, 5) is 10.9. The molecule has 4 nitrogen and oxygen atoms in total. The van der Waals surface area contributed by atoms with Crippen LogP contribution in [-0.4, -0.2) is 24.2 Å². The van der Waals surface area contributed by atoms with Crippen molar-refractivity contribution < 1.29 is 9.90 Å². The number of benzene rings is 1. The third-order valence-electron chi connectivity index (χ3n) is 3.93. The molecular weight excluding hydrogens is 240 g/mol. The van der Waals surface area contributed by atoms with Crippen LogP contribution in [0.3, 0.4) is 0 Å². The summed E-state index contributed by atoms with van der Waals surface area (Å²) in [6.07, 6.45) is 5.21. The van der Waals surface area contributed by atoms with Crippen LogP contribution in [0.15, 0.2) is 18.2 Å². The average Bonchev–Trinajstić information content (AvgIpc) is 2.43. The van der Waals surface area contributed by atoms with Gasteiger partial charge in [0.05, 0.1) is 0 Å². The minimum absolute atomic E-state index is 0.00155. The van der Waals surface area contributed by atoms with Crippen LogP contribution in [0, 0.1) is 0 Å². The molecule has 0 bridgehead atoms. The predicted octanol–water partition coefficient (Wildman–Crippen LogP) is 1.63. The molecule has 0 radical (unpaired) electrons. The van der Waals surface area contributed by atoms with Gasteiger partial charge in [-0.1, -0.05) is 18.2 Å². The summed E-state index contributed by atoms with van der Waals surface area (Å²) in [5.41, 5.74) is 9.61. The number of nitrogens with two attached hydrogens (primary N) is 1. The van der Waals surface area contributed by atoms with Crippen LogP contribution in [-0.2, 0) is 17.6 Å². The van der Waals surface area contributed by atoms with Crippen molar-refractivity contribution in [2.45, 2.75) is 44.2 Å². The van der Waals surface area contributed by atoms with Crippen molar-refractivity contribution in [2.75, 3.05) is 7.05 Å².